The molecule has 1 aliphatic rings. The van der Waals surface area contributed by atoms with Crippen LogP contribution in [-0.2, 0) is 0 Å². The van der Waals surface area contributed by atoms with Gasteiger partial charge >= 0.3 is 0 Å². The van der Waals surface area contributed by atoms with Crippen molar-refractivity contribution in [1.82, 2.24) is 5.32 Å². The van der Waals surface area contributed by atoms with E-state index in [1.54, 1.807) is 0 Å². The molecule has 1 saturated carbocycles. The van der Waals surface area contributed by atoms with Gasteiger partial charge in [0, 0.05) is 18.6 Å². The van der Waals surface area contributed by atoms with E-state index in [9.17, 15) is 0 Å². The molecule has 13 heavy (non-hydrogen) atoms. The smallest absolute Gasteiger partial charge is 0.00967 e. The van der Waals surface area contributed by atoms with Crippen LogP contribution in [0.3, 0.4) is 0 Å². The van der Waals surface area contributed by atoms with Crippen LogP contribution in [0.15, 0.2) is 0 Å². The van der Waals surface area contributed by atoms with Crippen molar-refractivity contribution >= 4 is 0 Å². The molecule has 1 aliphatic carbocycles. The third-order valence-corrected chi connectivity index (χ3v) is 3.58. The molecule has 0 radical (unpaired) electrons. The van der Waals surface area contributed by atoms with Crippen LogP contribution in [-0.4, -0.2) is 18.6 Å². The van der Waals surface area contributed by atoms with Crippen LogP contribution >= 0.6 is 0 Å². The van der Waals surface area contributed by atoms with Gasteiger partial charge in [0.05, 0.1) is 0 Å². The Morgan fingerprint density at radius 3 is 2.31 bits per heavy atom. The predicted molar refractivity (Wildman–Crippen MR) is 57.6 cm³/mol. The van der Waals surface area contributed by atoms with Gasteiger partial charge in [-0.05, 0) is 24.2 Å². The first-order valence-corrected chi connectivity index (χ1v) is 5.41. The summed E-state index contributed by atoms with van der Waals surface area (Å²) in [5.41, 5.74) is 6.13. The lowest BCUT2D eigenvalue weighted by molar-refractivity contribution is 0.198. The third-order valence-electron chi connectivity index (χ3n) is 3.58. The Hall–Kier alpha value is -0.0800. The van der Waals surface area contributed by atoms with Gasteiger partial charge in [0.1, 0.15) is 0 Å². The van der Waals surface area contributed by atoms with Crippen molar-refractivity contribution in [2.75, 3.05) is 6.54 Å². The van der Waals surface area contributed by atoms with Crippen LogP contribution in [0.5, 0.6) is 0 Å². The van der Waals surface area contributed by atoms with E-state index in [4.69, 9.17) is 5.73 Å². The molecule has 0 heterocycles. The maximum Gasteiger partial charge on any atom is 0.00967 e. The normalized spacial score (nSPS) is 29.1. The summed E-state index contributed by atoms with van der Waals surface area (Å²) < 4.78 is 0. The molecule has 0 unspecified atom stereocenters. The number of nitrogens with two attached hydrogens (primary N) is 1. The van der Waals surface area contributed by atoms with E-state index in [0.29, 0.717) is 17.5 Å². The molecule has 0 aromatic carbocycles. The summed E-state index contributed by atoms with van der Waals surface area (Å²) >= 11 is 0. The molecule has 78 valence electrons. The van der Waals surface area contributed by atoms with E-state index in [2.05, 4.69) is 33.0 Å². The van der Waals surface area contributed by atoms with Gasteiger partial charge in [-0.25, -0.2) is 0 Å². The fourth-order valence-electron chi connectivity index (χ4n) is 1.44. The molecule has 0 saturated heterocycles. The molecule has 2 nitrogen and oxygen atoms in total. The molecule has 0 atom stereocenters. The first-order valence-electron chi connectivity index (χ1n) is 5.41. The Balaban J connectivity index is 2.18. The highest BCUT2D eigenvalue weighted by molar-refractivity contribution is 4.89. The lowest BCUT2D eigenvalue weighted by Gasteiger charge is -2.37. The molecule has 1 rings (SSSR count). The van der Waals surface area contributed by atoms with E-state index in [-0.39, 0.29) is 0 Å². The summed E-state index contributed by atoms with van der Waals surface area (Å²) in [5, 5.41) is 3.59. The molecular weight excluding hydrogens is 160 g/mol. The van der Waals surface area contributed by atoms with Gasteiger partial charge in [0.15, 0.2) is 0 Å². The Morgan fingerprint density at radius 2 is 1.92 bits per heavy atom. The van der Waals surface area contributed by atoms with Crippen molar-refractivity contribution < 1.29 is 0 Å². The molecule has 0 aromatic heterocycles. The maximum atomic E-state index is 5.73. The Kier molecular flexibility index (Phi) is 3.36. The van der Waals surface area contributed by atoms with Crippen molar-refractivity contribution in [3.63, 3.8) is 0 Å². The highest BCUT2D eigenvalue weighted by atomic mass is 15.0. The second-order valence-corrected chi connectivity index (χ2v) is 5.45. The van der Waals surface area contributed by atoms with Gasteiger partial charge in [-0.2, -0.15) is 0 Å². The van der Waals surface area contributed by atoms with Gasteiger partial charge in [0.2, 0.25) is 0 Å². The molecular formula is C11H24N2. The third kappa shape index (κ3) is 2.96. The van der Waals surface area contributed by atoms with E-state index in [0.717, 1.165) is 25.3 Å². The van der Waals surface area contributed by atoms with Crippen LogP contribution < -0.4 is 11.1 Å². The van der Waals surface area contributed by atoms with Crippen LogP contribution in [0.25, 0.3) is 0 Å². The number of rotatable bonds is 4. The van der Waals surface area contributed by atoms with E-state index >= 15 is 0 Å². The number of nitrogens with one attached hydrogen (secondary N) is 1. The average Bonchev–Trinajstić information content (AvgIpc) is 1.95. The minimum absolute atomic E-state index is 0.402. The van der Waals surface area contributed by atoms with Crippen LogP contribution in [0.2, 0.25) is 0 Å². The van der Waals surface area contributed by atoms with Crippen LogP contribution in [0.1, 0.15) is 40.5 Å². The van der Waals surface area contributed by atoms with E-state index in [1.807, 2.05) is 0 Å². The average molecular weight is 184 g/mol. The summed E-state index contributed by atoms with van der Waals surface area (Å²) in [6.45, 7) is 10.3. The zero-order valence-corrected chi connectivity index (χ0v) is 9.43. The van der Waals surface area contributed by atoms with Crippen molar-refractivity contribution in [1.29, 1.82) is 0 Å². The Bertz CT molecular complexity index is 157. The highest BCUT2D eigenvalue weighted by Gasteiger charge is 2.28. The van der Waals surface area contributed by atoms with Gasteiger partial charge in [0.25, 0.3) is 0 Å². The van der Waals surface area contributed by atoms with E-state index < -0.39 is 0 Å². The minimum atomic E-state index is 0.402. The van der Waals surface area contributed by atoms with Crippen molar-refractivity contribution in [3.8, 4) is 0 Å². The molecule has 0 spiro atoms. The standard InChI is InChI=1S/C11H24N2/c1-8(2)11(3,4)7-13-10-5-9(12)6-10/h8-10,13H,5-7,12H2,1-4H3. The number of hydrogen-bond donors (Lipinski definition) is 2. The zero-order valence-electron chi connectivity index (χ0n) is 9.43. The quantitative estimate of drug-likeness (QED) is 0.698. The summed E-state index contributed by atoms with van der Waals surface area (Å²) in [5.74, 6) is 0.730. The largest absolute Gasteiger partial charge is 0.328 e. The molecule has 0 aromatic rings. The second-order valence-electron chi connectivity index (χ2n) is 5.45. The van der Waals surface area contributed by atoms with Crippen LogP contribution in [0.4, 0.5) is 0 Å². The lowest BCUT2D eigenvalue weighted by atomic mass is 9.80. The molecule has 1 fully saturated rings. The molecule has 2 heteroatoms. The van der Waals surface area contributed by atoms with Gasteiger partial charge < -0.3 is 11.1 Å². The minimum Gasteiger partial charge on any atom is -0.328 e. The molecule has 0 amide bonds. The fourth-order valence-corrected chi connectivity index (χ4v) is 1.44. The molecule has 0 bridgehead atoms. The first-order chi connectivity index (χ1) is 5.92. The summed E-state index contributed by atoms with van der Waals surface area (Å²) in [6.07, 6.45) is 2.32. The van der Waals surface area contributed by atoms with Gasteiger partial charge in [-0.15, -0.1) is 0 Å². The van der Waals surface area contributed by atoms with Gasteiger partial charge in [-0.1, -0.05) is 27.7 Å². The van der Waals surface area contributed by atoms with Crippen molar-refractivity contribution in [2.24, 2.45) is 17.1 Å². The van der Waals surface area contributed by atoms with Crippen molar-refractivity contribution in [3.05, 3.63) is 0 Å². The summed E-state index contributed by atoms with van der Waals surface area (Å²) in [7, 11) is 0. The lowest BCUT2D eigenvalue weighted by Crippen LogP contribution is -2.51. The van der Waals surface area contributed by atoms with E-state index in [1.165, 1.54) is 0 Å². The second kappa shape index (κ2) is 3.97. The maximum absolute atomic E-state index is 5.73. The fraction of sp³-hybridized carbons (Fsp3) is 1.00. The summed E-state index contributed by atoms with van der Waals surface area (Å²) in [6, 6.07) is 1.15. The summed E-state index contributed by atoms with van der Waals surface area (Å²) in [4.78, 5) is 0. The topological polar surface area (TPSA) is 38.0 Å². The highest BCUT2D eigenvalue weighted by Crippen LogP contribution is 2.26. The number of hydrogen-bond acceptors (Lipinski definition) is 2. The first kappa shape index (κ1) is 11.0. The molecule has 0 aliphatic heterocycles. The predicted octanol–water partition coefficient (Wildman–Crippen LogP) is 1.75. The monoisotopic (exact) mass is 184 g/mol. The Labute approximate surface area is 82.3 Å². The van der Waals surface area contributed by atoms with Gasteiger partial charge in [-0.3, -0.25) is 0 Å². The van der Waals surface area contributed by atoms with Crippen molar-refractivity contribution in [2.45, 2.75) is 52.6 Å². The Morgan fingerprint density at radius 1 is 1.38 bits per heavy atom. The molecule has 3 N–H and O–H groups in total. The van der Waals surface area contributed by atoms with Crippen LogP contribution in [0, 0.1) is 11.3 Å². The zero-order chi connectivity index (χ0) is 10.1. The SMILES string of the molecule is CC(C)C(C)(C)CNC1CC(N)C1.